The van der Waals surface area contributed by atoms with Crippen molar-refractivity contribution in [1.29, 1.82) is 0 Å². The molecule has 0 amide bonds. The number of hydrogen-bond donors (Lipinski definition) is 1. The molecule has 0 aliphatic heterocycles. The van der Waals surface area contributed by atoms with Gasteiger partial charge in [-0.2, -0.15) is 0 Å². The lowest BCUT2D eigenvalue weighted by Crippen LogP contribution is -2.35. The van der Waals surface area contributed by atoms with Gasteiger partial charge in [0.1, 0.15) is 0 Å². The summed E-state index contributed by atoms with van der Waals surface area (Å²) in [6, 6.07) is 9.94. The van der Waals surface area contributed by atoms with Gasteiger partial charge in [-0.25, -0.2) is 0 Å². The maximum absolute atomic E-state index is 3.87. The first-order valence-corrected chi connectivity index (χ1v) is 8.53. The predicted octanol–water partition coefficient (Wildman–Crippen LogP) is 5.46. The largest absolute Gasteiger partial charge is 0.307 e. The molecule has 2 rings (SSSR count). The van der Waals surface area contributed by atoms with Crippen molar-refractivity contribution < 1.29 is 0 Å². The van der Waals surface area contributed by atoms with E-state index in [1.54, 1.807) is 0 Å². The lowest BCUT2D eigenvalue weighted by Gasteiger charge is -2.32. The van der Waals surface area contributed by atoms with Crippen molar-refractivity contribution in [3.05, 3.63) is 34.3 Å². The third-order valence-electron chi connectivity index (χ3n) is 4.52. The standard InChI is InChI=1S/C17H26BrN/c1-3-13-8-10-16(11-9-13)19-17(4-2)14-6-5-7-15(18)12-14/h5-7,12-13,16-17,19H,3-4,8-11H2,1-2H3. The van der Waals surface area contributed by atoms with Crippen molar-refractivity contribution in [3.8, 4) is 0 Å². The quantitative estimate of drug-likeness (QED) is 0.758. The lowest BCUT2D eigenvalue weighted by atomic mass is 9.84. The van der Waals surface area contributed by atoms with E-state index in [9.17, 15) is 0 Å². The molecule has 0 aromatic heterocycles. The van der Waals surface area contributed by atoms with Gasteiger partial charge in [-0.3, -0.25) is 0 Å². The Morgan fingerprint density at radius 2 is 1.95 bits per heavy atom. The monoisotopic (exact) mass is 323 g/mol. The van der Waals surface area contributed by atoms with E-state index in [4.69, 9.17) is 0 Å². The minimum absolute atomic E-state index is 0.501. The van der Waals surface area contributed by atoms with E-state index < -0.39 is 0 Å². The third-order valence-corrected chi connectivity index (χ3v) is 5.01. The average Bonchev–Trinajstić information content (AvgIpc) is 2.45. The molecule has 1 saturated carbocycles. The van der Waals surface area contributed by atoms with Crippen molar-refractivity contribution in [1.82, 2.24) is 5.32 Å². The Morgan fingerprint density at radius 1 is 1.21 bits per heavy atom. The van der Waals surface area contributed by atoms with Gasteiger partial charge in [0.15, 0.2) is 0 Å². The molecule has 0 saturated heterocycles. The molecule has 0 heterocycles. The fourth-order valence-corrected chi connectivity index (χ4v) is 3.61. The molecular formula is C17H26BrN. The van der Waals surface area contributed by atoms with E-state index in [0.717, 1.165) is 12.3 Å². The minimum atomic E-state index is 0.501. The maximum atomic E-state index is 3.87. The Labute approximate surface area is 126 Å². The van der Waals surface area contributed by atoms with Gasteiger partial charge in [0.05, 0.1) is 0 Å². The maximum Gasteiger partial charge on any atom is 0.0320 e. The molecule has 2 heteroatoms. The highest BCUT2D eigenvalue weighted by Gasteiger charge is 2.22. The number of halogens is 1. The second-order valence-electron chi connectivity index (χ2n) is 5.81. The predicted molar refractivity (Wildman–Crippen MR) is 86.3 cm³/mol. The molecule has 0 spiro atoms. The van der Waals surface area contributed by atoms with Crippen LogP contribution < -0.4 is 5.32 Å². The summed E-state index contributed by atoms with van der Waals surface area (Å²) in [5.74, 6) is 0.976. The van der Waals surface area contributed by atoms with Crippen LogP contribution in [0.1, 0.15) is 64.0 Å². The summed E-state index contributed by atoms with van der Waals surface area (Å²) in [7, 11) is 0. The number of benzene rings is 1. The summed E-state index contributed by atoms with van der Waals surface area (Å²) in [5.41, 5.74) is 1.41. The van der Waals surface area contributed by atoms with E-state index in [0.29, 0.717) is 12.1 Å². The Balaban J connectivity index is 1.93. The average molecular weight is 324 g/mol. The summed E-state index contributed by atoms with van der Waals surface area (Å²) < 4.78 is 1.18. The van der Waals surface area contributed by atoms with Crippen LogP contribution in [0.3, 0.4) is 0 Å². The second kappa shape index (κ2) is 7.44. The van der Waals surface area contributed by atoms with Crippen LogP contribution in [0.15, 0.2) is 28.7 Å². The van der Waals surface area contributed by atoms with Crippen molar-refractivity contribution in [2.24, 2.45) is 5.92 Å². The highest BCUT2D eigenvalue weighted by molar-refractivity contribution is 9.10. The Kier molecular flexibility index (Phi) is 5.90. The topological polar surface area (TPSA) is 12.0 Å². The van der Waals surface area contributed by atoms with E-state index in [-0.39, 0.29) is 0 Å². The van der Waals surface area contributed by atoms with E-state index in [2.05, 4.69) is 59.4 Å². The van der Waals surface area contributed by atoms with Crippen LogP contribution in [0, 0.1) is 5.92 Å². The summed E-state index contributed by atoms with van der Waals surface area (Å²) in [4.78, 5) is 0. The van der Waals surface area contributed by atoms with Crippen LogP contribution >= 0.6 is 15.9 Å². The number of rotatable bonds is 5. The molecule has 1 aliphatic rings. The molecule has 1 aromatic carbocycles. The molecule has 106 valence electrons. The zero-order valence-corrected chi connectivity index (χ0v) is 13.7. The summed E-state index contributed by atoms with van der Waals surface area (Å²) in [5, 5.41) is 3.87. The first-order valence-electron chi connectivity index (χ1n) is 7.74. The third kappa shape index (κ3) is 4.32. The van der Waals surface area contributed by atoms with Crippen LogP contribution in [0.5, 0.6) is 0 Å². The van der Waals surface area contributed by atoms with Gasteiger partial charge in [-0.05, 0) is 55.7 Å². The van der Waals surface area contributed by atoms with E-state index in [1.807, 2.05) is 0 Å². The minimum Gasteiger partial charge on any atom is -0.307 e. The zero-order valence-electron chi connectivity index (χ0n) is 12.2. The van der Waals surface area contributed by atoms with Gasteiger partial charge in [0, 0.05) is 16.6 Å². The second-order valence-corrected chi connectivity index (χ2v) is 6.72. The van der Waals surface area contributed by atoms with Crippen LogP contribution in [-0.2, 0) is 0 Å². The molecule has 0 radical (unpaired) electrons. The van der Waals surface area contributed by atoms with Crippen molar-refractivity contribution >= 4 is 15.9 Å². The summed E-state index contributed by atoms with van der Waals surface area (Å²) >= 11 is 3.57. The van der Waals surface area contributed by atoms with Gasteiger partial charge >= 0.3 is 0 Å². The van der Waals surface area contributed by atoms with Gasteiger partial charge in [0.25, 0.3) is 0 Å². The highest BCUT2D eigenvalue weighted by atomic mass is 79.9. The van der Waals surface area contributed by atoms with Gasteiger partial charge in [0.2, 0.25) is 0 Å². The Bertz CT molecular complexity index is 383. The van der Waals surface area contributed by atoms with Crippen molar-refractivity contribution in [2.75, 3.05) is 0 Å². The lowest BCUT2D eigenvalue weighted by molar-refractivity contribution is 0.267. The molecule has 0 bridgehead atoms. The fraction of sp³-hybridized carbons (Fsp3) is 0.647. The van der Waals surface area contributed by atoms with Crippen LogP contribution in [-0.4, -0.2) is 6.04 Å². The molecule has 1 aromatic rings. The number of hydrogen-bond acceptors (Lipinski definition) is 1. The molecular weight excluding hydrogens is 298 g/mol. The van der Waals surface area contributed by atoms with Crippen LogP contribution in [0.25, 0.3) is 0 Å². The number of nitrogens with one attached hydrogen (secondary N) is 1. The SMILES string of the molecule is CCC1CCC(NC(CC)c2cccc(Br)c2)CC1. The summed E-state index contributed by atoms with van der Waals surface area (Å²) in [6.45, 7) is 4.60. The molecule has 1 fully saturated rings. The Morgan fingerprint density at radius 3 is 2.53 bits per heavy atom. The molecule has 1 atom stereocenters. The Hall–Kier alpha value is -0.340. The molecule has 1 N–H and O–H groups in total. The smallest absolute Gasteiger partial charge is 0.0320 e. The zero-order chi connectivity index (χ0) is 13.7. The highest BCUT2D eigenvalue weighted by Crippen LogP contribution is 2.29. The normalized spacial score (nSPS) is 25.2. The van der Waals surface area contributed by atoms with Crippen LogP contribution in [0.4, 0.5) is 0 Å². The van der Waals surface area contributed by atoms with Gasteiger partial charge in [-0.15, -0.1) is 0 Å². The van der Waals surface area contributed by atoms with E-state index in [1.165, 1.54) is 42.1 Å². The van der Waals surface area contributed by atoms with Gasteiger partial charge < -0.3 is 5.32 Å². The van der Waals surface area contributed by atoms with Gasteiger partial charge in [-0.1, -0.05) is 48.3 Å². The molecule has 1 aliphatic carbocycles. The fourth-order valence-electron chi connectivity index (χ4n) is 3.19. The van der Waals surface area contributed by atoms with Crippen molar-refractivity contribution in [3.63, 3.8) is 0 Å². The first-order chi connectivity index (χ1) is 9.22. The van der Waals surface area contributed by atoms with Crippen LogP contribution in [0.2, 0.25) is 0 Å². The molecule has 1 nitrogen and oxygen atoms in total. The summed E-state index contributed by atoms with van der Waals surface area (Å²) in [6.07, 6.45) is 8.03. The van der Waals surface area contributed by atoms with E-state index >= 15 is 0 Å². The molecule has 1 unspecified atom stereocenters. The first kappa shape index (κ1) is 15.1. The van der Waals surface area contributed by atoms with Crippen molar-refractivity contribution in [2.45, 2.75) is 64.5 Å². The molecule has 19 heavy (non-hydrogen) atoms.